The topological polar surface area (TPSA) is 102 Å². The number of non-ortho nitro benzene ring substituents is 1. The van der Waals surface area contributed by atoms with Crippen LogP contribution in [-0.4, -0.2) is 15.0 Å². The van der Waals surface area contributed by atoms with Gasteiger partial charge >= 0.3 is 0 Å². The summed E-state index contributed by atoms with van der Waals surface area (Å²) in [4.78, 5) is 14.0. The third-order valence-corrected chi connectivity index (χ3v) is 2.03. The van der Waals surface area contributed by atoms with Crippen LogP contribution in [0.25, 0.3) is 10.9 Å². The van der Waals surface area contributed by atoms with Crippen molar-refractivity contribution in [1.29, 1.82) is 0 Å². The van der Waals surface area contributed by atoms with E-state index in [0.29, 0.717) is 0 Å². The second-order valence-corrected chi connectivity index (χ2v) is 2.99. The average molecular weight is 205 g/mol. The summed E-state index contributed by atoms with van der Waals surface area (Å²) >= 11 is 0. The van der Waals surface area contributed by atoms with Gasteiger partial charge in [-0.2, -0.15) is 0 Å². The fourth-order valence-electron chi connectivity index (χ4n) is 1.36. The number of hydrogen-bond acceptors (Lipinski definition) is 5. The molecule has 0 bridgehead atoms. The SMILES string of the molecule is Nc1ccc2c([N+](=O)[O-])ccc(O)c2n1. The van der Waals surface area contributed by atoms with E-state index in [1.54, 1.807) is 0 Å². The Hall–Kier alpha value is -2.37. The number of nitrogens with zero attached hydrogens (tertiary/aromatic N) is 2. The third kappa shape index (κ3) is 1.41. The molecule has 0 spiro atoms. The summed E-state index contributed by atoms with van der Waals surface area (Å²) in [5.74, 6) is 0.0844. The number of pyridine rings is 1. The molecule has 1 aromatic carbocycles. The molecule has 0 unspecified atom stereocenters. The highest BCUT2D eigenvalue weighted by atomic mass is 16.6. The summed E-state index contributed by atoms with van der Waals surface area (Å²) in [6, 6.07) is 5.38. The summed E-state index contributed by atoms with van der Waals surface area (Å²) in [6.07, 6.45) is 0. The Bertz CT molecular complexity index is 554. The lowest BCUT2D eigenvalue weighted by molar-refractivity contribution is -0.383. The van der Waals surface area contributed by atoms with E-state index < -0.39 is 4.92 Å². The molecular weight excluding hydrogens is 198 g/mol. The Labute approximate surface area is 84.1 Å². The fourth-order valence-corrected chi connectivity index (χ4v) is 1.36. The van der Waals surface area contributed by atoms with E-state index in [-0.39, 0.29) is 28.2 Å². The first-order valence-electron chi connectivity index (χ1n) is 4.12. The zero-order valence-electron chi connectivity index (χ0n) is 7.54. The number of nitro groups is 1. The number of phenols is 1. The van der Waals surface area contributed by atoms with Crippen molar-refractivity contribution in [3.8, 4) is 5.75 Å². The van der Waals surface area contributed by atoms with Gasteiger partial charge in [-0.3, -0.25) is 10.1 Å². The monoisotopic (exact) mass is 205 g/mol. The van der Waals surface area contributed by atoms with E-state index in [1.165, 1.54) is 24.3 Å². The van der Waals surface area contributed by atoms with Gasteiger partial charge in [0.25, 0.3) is 5.69 Å². The number of aromatic nitrogens is 1. The van der Waals surface area contributed by atoms with Crippen LogP contribution in [0.2, 0.25) is 0 Å². The van der Waals surface area contributed by atoms with Crippen LogP contribution >= 0.6 is 0 Å². The van der Waals surface area contributed by atoms with Gasteiger partial charge in [0.1, 0.15) is 17.1 Å². The van der Waals surface area contributed by atoms with Crippen LogP contribution < -0.4 is 5.73 Å². The number of benzene rings is 1. The zero-order valence-corrected chi connectivity index (χ0v) is 7.54. The molecule has 0 aliphatic carbocycles. The van der Waals surface area contributed by atoms with Crippen molar-refractivity contribution in [2.75, 3.05) is 5.73 Å². The lowest BCUT2D eigenvalue weighted by Crippen LogP contribution is -1.94. The standard InChI is InChI=1S/C9H7N3O3/c10-8-4-1-5-6(12(14)15)2-3-7(13)9(5)11-8/h1-4,13H,(H2,10,11). The molecule has 0 aliphatic heterocycles. The highest BCUT2D eigenvalue weighted by molar-refractivity contribution is 5.92. The van der Waals surface area contributed by atoms with Gasteiger partial charge in [-0.15, -0.1) is 0 Å². The number of anilines is 1. The number of nitro benzene ring substituents is 1. The molecule has 1 aromatic heterocycles. The van der Waals surface area contributed by atoms with E-state index in [2.05, 4.69) is 4.98 Å². The Morgan fingerprint density at radius 1 is 1.33 bits per heavy atom. The first kappa shape index (κ1) is 9.20. The van der Waals surface area contributed by atoms with Gasteiger partial charge in [-0.1, -0.05) is 0 Å². The summed E-state index contributed by atoms with van der Waals surface area (Å²) in [5, 5.41) is 20.4. The van der Waals surface area contributed by atoms with Gasteiger partial charge in [-0.05, 0) is 18.2 Å². The van der Waals surface area contributed by atoms with Gasteiger partial charge < -0.3 is 10.8 Å². The number of phenolic OH excluding ortho intramolecular Hbond substituents is 1. The molecule has 1 heterocycles. The number of hydrogen-bond donors (Lipinski definition) is 2. The number of nitrogens with two attached hydrogens (primary N) is 1. The van der Waals surface area contributed by atoms with Gasteiger partial charge in [0.05, 0.1) is 10.3 Å². The van der Waals surface area contributed by atoms with Crippen LogP contribution in [0.3, 0.4) is 0 Å². The van der Waals surface area contributed by atoms with Crippen molar-refractivity contribution in [1.82, 2.24) is 4.98 Å². The van der Waals surface area contributed by atoms with Crippen molar-refractivity contribution in [3.05, 3.63) is 34.4 Å². The maximum absolute atomic E-state index is 10.7. The zero-order chi connectivity index (χ0) is 11.0. The molecule has 2 rings (SSSR count). The molecule has 0 amide bonds. The van der Waals surface area contributed by atoms with E-state index in [4.69, 9.17) is 5.73 Å². The van der Waals surface area contributed by atoms with Gasteiger partial charge in [0.15, 0.2) is 0 Å². The summed E-state index contributed by atoms with van der Waals surface area (Å²) in [6.45, 7) is 0. The number of rotatable bonds is 1. The van der Waals surface area contributed by atoms with Crippen LogP contribution in [0.15, 0.2) is 24.3 Å². The first-order valence-corrected chi connectivity index (χ1v) is 4.12. The molecule has 6 heteroatoms. The van der Waals surface area contributed by atoms with Crippen molar-refractivity contribution in [3.63, 3.8) is 0 Å². The molecule has 0 atom stereocenters. The minimum absolute atomic E-state index is 0.102. The predicted molar refractivity (Wildman–Crippen MR) is 54.5 cm³/mol. The summed E-state index contributed by atoms with van der Waals surface area (Å²) in [5.41, 5.74) is 5.47. The molecular formula is C9H7N3O3. The van der Waals surface area contributed by atoms with Gasteiger partial charge in [0, 0.05) is 6.07 Å². The predicted octanol–water partition coefficient (Wildman–Crippen LogP) is 1.43. The molecule has 0 saturated carbocycles. The largest absolute Gasteiger partial charge is 0.506 e. The van der Waals surface area contributed by atoms with Crippen LogP contribution in [0, 0.1) is 10.1 Å². The smallest absolute Gasteiger partial charge is 0.279 e. The van der Waals surface area contributed by atoms with E-state index >= 15 is 0 Å². The van der Waals surface area contributed by atoms with Crippen molar-refractivity contribution in [2.45, 2.75) is 0 Å². The Balaban J connectivity index is 2.88. The molecule has 0 aliphatic rings. The molecule has 0 saturated heterocycles. The average Bonchev–Trinajstić information content (AvgIpc) is 2.19. The highest BCUT2D eigenvalue weighted by Gasteiger charge is 2.14. The quantitative estimate of drug-likeness (QED) is 0.541. The van der Waals surface area contributed by atoms with Gasteiger partial charge in [-0.25, -0.2) is 4.98 Å². The molecule has 2 aromatic rings. The van der Waals surface area contributed by atoms with Crippen LogP contribution in [-0.2, 0) is 0 Å². The first-order chi connectivity index (χ1) is 7.09. The maximum atomic E-state index is 10.7. The number of fused-ring (bicyclic) bond motifs is 1. The van der Waals surface area contributed by atoms with Crippen LogP contribution in [0.5, 0.6) is 5.75 Å². The molecule has 3 N–H and O–H groups in total. The minimum Gasteiger partial charge on any atom is -0.506 e. The van der Waals surface area contributed by atoms with Crippen molar-refractivity contribution < 1.29 is 10.0 Å². The Kier molecular flexibility index (Phi) is 1.89. The Morgan fingerprint density at radius 3 is 2.73 bits per heavy atom. The summed E-state index contributed by atoms with van der Waals surface area (Å²) < 4.78 is 0. The highest BCUT2D eigenvalue weighted by Crippen LogP contribution is 2.31. The van der Waals surface area contributed by atoms with Crippen molar-refractivity contribution >= 4 is 22.4 Å². The van der Waals surface area contributed by atoms with Crippen LogP contribution in [0.1, 0.15) is 0 Å². The van der Waals surface area contributed by atoms with Crippen LogP contribution in [0.4, 0.5) is 11.5 Å². The van der Waals surface area contributed by atoms with Gasteiger partial charge in [0.2, 0.25) is 0 Å². The third-order valence-electron chi connectivity index (χ3n) is 2.03. The molecule has 0 radical (unpaired) electrons. The Morgan fingerprint density at radius 2 is 2.07 bits per heavy atom. The van der Waals surface area contributed by atoms with E-state index in [1.807, 2.05) is 0 Å². The lowest BCUT2D eigenvalue weighted by Gasteiger charge is -2.01. The normalized spacial score (nSPS) is 10.4. The lowest BCUT2D eigenvalue weighted by atomic mass is 10.1. The molecule has 0 fully saturated rings. The maximum Gasteiger partial charge on any atom is 0.279 e. The summed E-state index contributed by atoms with van der Waals surface area (Å²) in [7, 11) is 0. The van der Waals surface area contributed by atoms with E-state index in [0.717, 1.165) is 0 Å². The molecule has 6 nitrogen and oxygen atoms in total. The van der Waals surface area contributed by atoms with E-state index in [9.17, 15) is 15.2 Å². The fraction of sp³-hybridized carbons (Fsp3) is 0. The second-order valence-electron chi connectivity index (χ2n) is 2.99. The number of nitrogen functional groups attached to an aromatic ring is 1. The molecule has 15 heavy (non-hydrogen) atoms. The molecule has 76 valence electrons. The second kappa shape index (κ2) is 3.09. The van der Waals surface area contributed by atoms with Crippen molar-refractivity contribution in [2.24, 2.45) is 0 Å². The number of aromatic hydroxyl groups is 1. The minimum atomic E-state index is -0.528.